The molecule has 5 nitrogen and oxygen atoms in total. The summed E-state index contributed by atoms with van der Waals surface area (Å²) in [5.41, 5.74) is 2.06. The molecule has 0 spiro atoms. The highest BCUT2D eigenvalue weighted by Crippen LogP contribution is 2.38. The van der Waals surface area contributed by atoms with Crippen LogP contribution >= 0.6 is 0 Å². The molecule has 0 saturated heterocycles. The summed E-state index contributed by atoms with van der Waals surface area (Å²) >= 11 is 0. The maximum Gasteiger partial charge on any atom is 0.307 e. The lowest BCUT2D eigenvalue weighted by Gasteiger charge is -2.19. The van der Waals surface area contributed by atoms with Gasteiger partial charge in [0.25, 0.3) is 0 Å². The van der Waals surface area contributed by atoms with Crippen LogP contribution in [0.25, 0.3) is 0 Å². The zero-order valence-electron chi connectivity index (χ0n) is 13.1. The van der Waals surface area contributed by atoms with Crippen LogP contribution in [0.5, 0.6) is 11.5 Å². The van der Waals surface area contributed by atoms with E-state index >= 15 is 0 Å². The quantitative estimate of drug-likeness (QED) is 0.815. The molecule has 0 saturated carbocycles. The van der Waals surface area contributed by atoms with Gasteiger partial charge in [-0.15, -0.1) is 0 Å². The number of nitrogens with one attached hydrogen (secondary N) is 1. The van der Waals surface area contributed by atoms with Gasteiger partial charge in [-0.25, -0.2) is 0 Å². The predicted molar refractivity (Wildman–Crippen MR) is 79.8 cm³/mol. The van der Waals surface area contributed by atoms with Gasteiger partial charge in [0.1, 0.15) is 17.6 Å². The molecule has 1 aliphatic rings. The summed E-state index contributed by atoms with van der Waals surface area (Å²) in [5.74, 6) is 1.42. The van der Waals surface area contributed by atoms with Crippen molar-refractivity contribution in [3.05, 3.63) is 23.3 Å². The molecule has 1 aromatic carbocycles. The lowest BCUT2D eigenvalue weighted by atomic mass is 9.99. The fourth-order valence-electron chi connectivity index (χ4n) is 2.66. The van der Waals surface area contributed by atoms with E-state index in [1.807, 2.05) is 26.1 Å². The van der Waals surface area contributed by atoms with Crippen LogP contribution in [0, 0.1) is 0 Å². The van der Waals surface area contributed by atoms with Crippen molar-refractivity contribution in [2.45, 2.75) is 38.8 Å². The molecule has 1 N–H and O–H groups in total. The second kappa shape index (κ2) is 6.80. The predicted octanol–water partition coefficient (Wildman–Crippen LogP) is 2.23. The summed E-state index contributed by atoms with van der Waals surface area (Å²) < 4.78 is 16.3. The van der Waals surface area contributed by atoms with E-state index in [9.17, 15) is 4.79 Å². The van der Waals surface area contributed by atoms with Crippen molar-refractivity contribution in [2.24, 2.45) is 0 Å². The molecule has 0 aromatic heterocycles. The van der Waals surface area contributed by atoms with Crippen molar-refractivity contribution < 1.29 is 19.0 Å². The first kappa shape index (κ1) is 15.6. The summed E-state index contributed by atoms with van der Waals surface area (Å²) in [6.07, 6.45) is 1.32. The van der Waals surface area contributed by atoms with Gasteiger partial charge in [0.15, 0.2) is 0 Å². The van der Waals surface area contributed by atoms with Crippen molar-refractivity contribution in [3.8, 4) is 11.5 Å². The number of rotatable bonds is 6. The van der Waals surface area contributed by atoms with E-state index in [-0.39, 0.29) is 24.5 Å². The van der Waals surface area contributed by atoms with Gasteiger partial charge < -0.3 is 19.5 Å². The number of benzene rings is 1. The minimum Gasteiger partial charge on any atom is -0.496 e. The number of hydrogen-bond donors (Lipinski definition) is 1. The van der Waals surface area contributed by atoms with E-state index in [1.165, 1.54) is 0 Å². The zero-order chi connectivity index (χ0) is 15.4. The van der Waals surface area contributed by atoms with Crippen molar-refractivity contribution in [2.75, 3.05) is 20.8 Å². The van der Waals surface area contributed by atoms with Gasteiger partial charge in [-0.05, 0) is 33.0 Å². The number of carbonyl (C=O) groups is 1. The molecule has 21 heavy (non-hydrogen) atoms. The van der Waals surface area contributed by atoms with Crippen LogP contribution in [0.1, 0.15) is 37.4 Å². The summed E-state index contributed by atoms with van der Waals surface area (Å²) in [4.78, 5) is 11.7. The molecule has 1 aliphatic heterocycles. The average molecular weight is 293 g/mol. The van der Waals surface area contributed by atoms with E-state index in [2.05, 4.69) is 5.32 Å². The third-order valence-electron chi connectivity index (χ3n) is 3.65. The smallest absolute Gasteiger partial charge is 0.307 e. The van der Waals surface area contributed by atoms with Crippen molar-refractivity contribution in [1.29, 1.82) is 0 Å². The Balaban J connectivity index is 2.28. The zero-order valence-corrected chi connectivity index (χ0v) is 13.1. The molecule has 116 valence electrons. The van der Waals surface area contributed by atoms with Crippen LogP contribution in [0.3, 0.4) is 0 Å². The van der Waals surface area contributed by atoms with Crippen LogP contribution in [0.2, 0.25) is 0 Å². The Kier molecular flexibility index (Phi) is 5.07. The minimum atomic E-state index is -0.228. The molecule has 2 rings (SSSR count). The first-order valence-corrected chi connectivity index (χ1v) is 7.29. The van der Waals surface area contributed by atoms with Gasteiger partial charge in [0, 0.05) is 23.6 Å². The fraction of sp³-hybridized carbons (Fsp3) is 0.562. The van der Waals surface area contributed by atoms with E-state index in [4.69, 9.17) is 14.2 Å². The molecular weight excluding hydrogens is 270 g/mol. The van der Waals surface area contributed by atoms with Gasteiger partial charge in [-0.2, -0.15) is 0 Å². The highest BCUT2D eigenvalue weighted by Gasteiger charge is 2.25. The molecular formula is C16H23NO4. The average Bonchev–Trinajstić information content (AvgIpc) is 2.82. The van der Waals surface area contributed by atoms with Crippen LogP contribution in [0.4, 0.5) is 0 Å². The number of methoxy groups -OCH3 is 1. The largest absolute Gasteiger partial charge is 0.496 e. The Morgan fingerprint density at radius 3 is 2.90 bits per heavy atom. The Bertz CT molecular complexity index is 515. The number of hydrogen-bond acceptors (Lipinski definition) is 5. The normalized spacial score (nSPS) is 17.8. The Labute approximate surface area is 125 Å². The van der Waals surface area contributed by atoms with Gasteiger partial charge in [0.05, 0.1) is 20.1 Å². The van der Waals surface area contributed by atoms with Gasteiger partial charge in [-0.3, -0.25) is 4.79 Å². The van der Waals surface area contributed by atoms with Gasteiger partial charge in [-0.1, -0.05) is 0 Å². The van der Waals surface area contributed by atoms with Crippen LogP contribution in [0.15, 0.2) is 12.1 Å². The van der Waals surface area contributed by atoms with Crippen LogP contribution < -0.4 is 14.8 Å². The highest BCUT2D eigenvalue weighted by atomic mass is 16.5. The maximum atomic E-state index is 11.7. The lowest BCUT2D eigenvalue weighted by Crippen LogP contribution is -2.22. The Morgan fingerprint density at radius 2 is 2.29 bits per heavy atom. The monoisotopic (exact) mass is 293 g/mol. The molecule has 1 aromatic rings. The molecule has 0 radical (unpaired) electrons. The topological polar surface area (TPSA) is 56.8 Å². The first-order valence-electron chi connectivity index (χ1n) is 7.29. The van der Waals surface area contributed by atoms with Crippen molar-refractivity contribution >= 4 is 5.97 Å². The number of esters is 1. The van der Waals surface area contributed by atoms with E-state index in [0.717, 1.165) is 29.0 Å². The van der Waals surface area contributed by atoms with Crippen LogP contribution in [-0.4, -0.2) is 32.8 Å². The number of fused-ring (bicyclic) bond motifs is 1. The fourth-order valence-corrected chi connectivity index (χ4v) is 2.66. The summed E-state index contributed by atoms with van der Waals surface area (Å²) in [5, 5.41) is 3.15. The van der Waals surface area contributed by atoms with Crippen molar-refractivity contribution in [1.82, 2.24) is 5.32 Å². The molecule has 2 unspecified atom stereocenters. The molecule has 0 amide bonds. The summed E-state index contributed by atoms with van der Waals surface area (Å²) in [6.45, 7) is 4.23. The Morgan fingerprint density at radius 1 is 1.52 bits per heavy atom. The van der Waals surface area contributed by atoms with Crippen LogP contribution in [-0.2, 0) is 16.0 Å². The standard InChI is InChI=1S/C16H23NO4/c1-5-20-16(18)9-13(17-3)12-8-14-11(6-10(2)21-14)7-15(12)19-4/h7-8,10,13,17H,5-6,9H2,1-4H3. The van der Waals surface area contributed by atoms with Crippen molar-refractivity contribution in [3.63, 3.8) is 0 Å². The maximum absolute atomic E-state index is 11.7. The number of carbonyl (C=O) groups excluding carboxylic acids is 1. The molecule has 0 bridgehead atoms. The van der Waals surface area contributed by atoms with E-state index in [0.29, 0.717) is 6.61 Å². The van der Waals surface area contributed by atoms with Gasteiger partial charge >= 0.3 is 5.97 Å². The molecule has 1 heterocycles. The number of ether oxygens (including phenoxy) is 3. The third-order valence-corrected chi connectivity index (χ3v) is 3.65. The minimum absolute atomic E-state index is 0.163. The second-order valence-electron chi connectivity index (χ2n) is 5.18. The van der Waals surface area contributed by atoms with Gasteiger partial charge in [0.2, 0.25) is 0 Å². The SMILES string of the molecule is CCOC(=O)CC(NC)c1cc2c(cc1OC)CC(C)O2. The lowest BCUT2D eigenvalue weighted by molar-refractivity contribution is -0.143. The highest BCUT2D eigenvalue weighted by molar-refractivity contribution is 5.71. The second-order valence-corrected chi connectivity index (χ2v) is 5.18. The molecule has 0 fully saturated rings. The summed E-state index contributed by atoms with van der Waals surface area (Å²) in [6, 6.07) is 3.81. The third kappa shape index (κ3) is 3.47. The molecule has 0 aliphatic carbocycles. The first-order chi connectivity index (χ1) is 10.1. The molecule has 2 atom stereocenters. The Hall–Kier alpha value is -1.75. The van der Waals surface area contributed by atoms with E-state index in [1.54, 1.807) is 14.0 Å². The van der Waals surface area contributed by atoms with E-state index < -0.39 is 0 Å². The molecule has 5 heteroatoms. The summed E-state index contributed by atoms with van der Waals surface area (Å²) in [7, 11) is 3.46.